The van der Waals surface area contributed by atoms with Crippen molar-refractivity contribution in [1.82, 2.24) is 14.5 Å². The van der Waals surface area contributed by atoms with E-state index in [0.29, 0.717) is 54.4 Å². The van der Waals surface area contributed by atoms with E-state index >= 15 is 0 Å². The molecule has 0 aliphatic heterocycles. The minimum absolute atomic E-state index is 0.0630. The van der Waals surface area contributed by atoms with E-state index in [1.54, 1.807) is 56.3 Å². The molecule has 276 valence electrons. The average molecular weight is 770 g/mol. The van der Waals surface area contributed by atoms with E-state index in [2.05, 4.69) is 5.32 Å². The van der Waals surface area contributed by atoms with Gasteiger partial charge in [0, 0.05) is 49.9 Å². The molecule has 0 aliphatic carbocycles. The Morgan fingerprint density at radius 3 is 1.98 bits per heavy atom. The minimum atomic E-state index is -1.24. The predicted octanol–water partition coefficient (Wildman–Crippen LogP) is 5.82. The first-order valence-corrected chi connectivity index (χ1v) is 17.5. The number of nitrogens with one attached hydrogen (secondary N) is 1. The summed E-state index contributed by atoms with van der Waals surface area (Å²) in [4.78, 5) is 67.2. The van der Waals surface area contributed by atoms with Crippen LogP contribution in [0.15, 0.2) is 84.9 Å². The fourth-order valence-corrected chi connectivity index (χ4v) is 7.17. The molecule has 0 bridgehead atoms. The van der Waals surface area contributed by atoms with Gasteiger partial charge < -0.3 is 26.0 Å². The molecule has 0 fully saturated rings. The number of benzene rings is 4. The number of aliphatic hydroxyl groups is 1. The number of esters is 1. The highest BCUT2D eigenvalue weighted by molar-refractivity contribution is 6.31. The van der Waals surface area contributed by atoms with Crippen molar-refractivity contribution in [1.29, 1.82) is 0 Å². The Balaban J connectivity index is 1.39. The molecular formula is C40H34Cl2N4O8. The third-order valence-corrected chi connectivity index (χ3v) is 9.59. The zero-order chi connectivity index (χ0) is 38.8. The summed E-state index contributed by atoms with van der Waals surface area (Å²) in [6, 6.07) is 21.7. The van der Waals surface area contributed by atoms with Gasteiger partial charge >= 0.3 is 5.97 Å². The van der Waals surface area contributed by atoms with Crippen LogP contribution in [0.5, 0.6) is 11.5 Å². The second-order valence-electron chi connectivity index (χ2n) is 12.6. The van der Waals surface area contributed by atoms with Crippen LogP contribution in [0.25, 0.3) is 21.8 Å². The van der Waals surface area contributed by atoms with Gasteiger partial charge in [0.25, 0.3) is 11.8 Å². The lowest BCUT2D eigenvalue weighted by molar-refractivity contribution is -0.137. The van der Waals surface area contributed by atoms with Gasteiger partial charge in [-0.1, -0.05) is 35.3 Å². The molecule has 6 aromatic rings. The first-order valence-electron chi connectivity index (χ1n) is 16.7. The van der Waals surface area contributed by atoms with Crippen LogP contribution in [-0.2, 0) is 20.8 Å². The number of amides is 2. The molecule has 4 aromatic carbocycles. The zero-order valence-corrected chi connectivity index (χ0v) is 30.6. The van der Waals surface area contributed by atoms with Crippen molar-refractivity contribution in [2.24, 2.45) is 5.73 Å². The van der Waals surface area contributed by atoms with Crippen molar-refractivity contribution >= 4 is 74.6 Å². The van der Waals surface area contributed by atoms with Gasteiger partial charge in [-0.3, -0.25) is 33.1 Å². The Morgan fingerprint density at radius 1 is 0.796 bits per heavy atom. The maximum absolute atomic E-state index is 13.9. The van der Waals surface area contributed by atoms with Gasteiger partial charge in [-0.15, -0.1) is 0 Å². The first kappa shape index (κ1) is 37.8. The predicted molar refractivity (Wildman–Crippen MR) is 203 cm³/mol. The number of aliphatic hydroxyl groups excluding tert-OH is 1. The van der Waals surface area contributed by atoms with Crippen LogP contribution in [0.4, 0.5) is 0 Å². The number of carbonyl (C=O) groups excluding carboxylic acids is 5. The van der Waals surface area contributed by atoms with Crippen LogP contribution in [0.2, 0.25) is 10.0 Å². The van der Waals surface area contributed by atoms with Gasteiger partial charge in [0.15, 0.2) is 0 Å². The largest absolute Gasteiger partial charge is 0.508 e. The van der Waals surface area contributed by atoms with E-state index in [1.807, 2.05) is 0 Å². The van der Waals surface area contributed by atoms with Crippen LogP contribution in [-0.4, -0.2) is 62.1 Å². The topological polar surface area (TPSA) is 183 Å². The summed E-state index contributed by atoms with van der Waals surface area (Å²) < 4.78 is 8.60. The van der Waals surface area contributed by atoms with Crippen molar-refractivity contribution in [3.63, 3.8) is 0 Å². The van der Waals surface area contributed by atoms with Crippen LogP contribution < -0.4 is 15.8 Å². The Hall–Kier alpha value is -5.95. The number of primary amides is 1. The molecule has 2 heterocycles. The summed E-state index contributed by atoms with van der Waals surface area (Å²) in [5.74, 6) is -4.26. The summed E-state index contributed by atoms with van der Waals surface area (Å²) in [6.45, 7) is 2.82. The van der Waals surface area contributed by atoms with Crippen molar-refractivity contribution < 1.29 is 38.9 Å². The summed E-state index contributed by atoms with van der Waals surface area (Å²) in [5, 5.41) is 24.1. The number of phenolic OH excluding ortho intramolecular Hbond substituents is 1. The van der Waals surface area contributed by atoms with Crippen LogP contribution in [0.3, 0.4) is 0 Å². The summed E-state index contributed by atoms with van der Waals surface area (Å²) in [7, 11) is 0. The van der Waals surface area contributed by atoms with Crippen molar-refractivity contribution in [3.8, 4) is 11.5 Å². The molecule has 2 aromatic heterocycles. The second-order valence-corrected chi connectivity index (χ2v) is 13.5. The first-order chi connectivity index (χ1) is 25.8. The number of halogens is 2. The van der Waals surface area contributed by atoms with Gasteiger partial charge in [-0.2, -0.15) is 0 Å². The number of hydrogen-bond acceptors (Lipinski definition) is 8. The van der Waals surface area contributed by atoms with Gasteiger partial charge in [-0.25, -0.2) is 0 Å². The average Bonchev–Trinajstić information content (AvgIpc) is 3.56. The minimum Gasteiger partial charge on any atom is -0.508 e. The maximum Gasteiger partial charge on any atom is 0.312 e. The fourth-order valence-electron chi connectivity index (χ4n) is 6.79. The quantitative estimate of drug-likeness (QED) is 0.0940. The van der Waals surface area contributed by atoms with Crippen molar-refractivity contribution in [2.75, 3.05) is 13.2 Å². The Bertz CT molecular complexity index is 2500. The molecule has 0 radical (unpaired) electrons. The lowest BCUT2D eigenvalue weighted by atomic mass is 9.92. The highest BCUT2D eigenvalue weighted by Crippen LogP contribution is 2.37. The number of ether oxygens (including phenoxy) is 1. The Labute approximate surface area is 318 Å². The number of nitrogens with zero attached hydrogens (tertiary/aromatic N) is 2. The van der Waals surface area contributed by atoms with E-state index in [-0.39, 0.29) is 42.2 Å². The number of nitrogens with two attached hydrogens (primary N) is 1. The summed E-state index contributed by atoms with van der Waals surface area (Å²) in [6.07, 6.45) is -0.718. The Kier molecular flexibility index (Phi) is 10.9. The molecule has 5 N–H and O–H groups in total. The monoisotopic (exact) mass is 768 g/mol. The number of aromatic hydroxyl groups is 1. The molecule has 0 saturated heterocycles. The number of hydrogen-bond donors (Lipinski definition) is 4. The third kappa shape index (κ3) is 7.44. The number of phenols is 1. The van der Waals surface area contributed by atoms with E-state index in [4.69, 9.17) is 33.7 Å². The number of fused-ring (bicyclic) bond motifs is 2. The highest BCUT2D eigenvalue weighted by Gasteiger charge is 2.32. The lowest BCUT2D eigenvalue weighted by Gasteiger charge is -2.18. The molecule has 2 amide bonds. The molecule has 12 nitrogen and oxygen atoms in total. The molecule has 6 rings (SSSR count). The van der Waals surface area contributed by atoms with Crippen molar-refractivity contribution in [2.45, 2.75) is 32.6 Å². The van der Waals surface area contributed by atoms with E-state index in [1.165, 1.54) is 51.6 Å². The normalized spacial score (nSPS) is 11.8. The van der Waals surface area contributed by atoms with Gasteiger partial charge in [0.05, 0.1) is 36.4 Å². The van der Waals surface area contributed by atoms with E-state index < -0.39 is 41.9 Å². The Morgan fingerprint density at radius 2 is 1.39 bits per heavy atom. The van der Waals surface area contributed by atoms with Crippen LogP contribution >= 0.6 is 23.2 Å². The third-order valence-electron chi connectivity index (χ3n) is 9.12. The highest BCUT2D eigenvalue weighted by atomic mass is 35.5. The summed E-state index contributed by atoms with van der Waals surface area (Å²) in [5.41, 5.74) is 8.50. The molecule has 0 aliphatic rings. The molecule has 0 spiro atoms. The zero-order valence-electron chi connectivity index (χ0n) is 29.1. The summed E-state index contributed by atoms with van der Waals surface area (Å²) >= 11 is 12.3. The van der Waals surface area contributed by atoms with Crippen molar-refractivity contribution in [3.05, 3.63) is 129 Å². The van der Waals surface area contributed by atoms with Crippen LogP contribution in [0.1, 0.15) is 55.6 Å². The second kappa shape index (κ2) is 15.6. The molecule has 1 unspecified atom stereocenters. The molecular weight excluding hydrogens is 735 g/mol. The molecule has 14 heteroatoms. The number of rotatable bonds is 11. The van der Waals surface area contributed by atoms with Gasteiger partial charge in [-0.05, 0) is 97.8 Å². The van der Waals surface area contributed by atoms with Gasteiger partial charge in [0.2, 0.25) is 11.8 Å². The molecule has 54 heavy (non-hydrogen) atoms. The van der Waals surface area contributed by atoms with E-state index in [9.17, 15) is 34.2 Å². The smallest absolute Gasteiger partial charge is 0.312 e. The van der Waals surface area contributed by atoms with Crippen LogP contribution in [0, 0.1) is 13.8 Å². The van der Waals surface area contributed by atoms with E-state index in [0.717, 1.165) is 0 Å². The standard InChI is InChI=1S/C40H34Cl2N4O8/c1-21-29(19-35(43)49)30-18-28(10-12-33(30)45(21)39(52)23-5-3-7-25(41)15-23)54-36(50)20-32(38(51)44-13-14-47)37-22(2)46(34-11-9-27(48)17-31(34)37)40(53)24-6-4-8-26(42)16-24/h3-12,15-18,32,47-48H,13-14,19-20H2,1-2H3,(H2,43,49)(H,44,51). The molecule has 1 atom stereocenters. The number of aromatic nitrogens is 2. The van der Waals surface area contributed by atoms with Gasteiger partial charge in [0.1, 0.15) is 11.5 Å². The number of carbonyl (C=O) groups is 5. The lowest BCUT2D eigenvalue weighted by Crippen LogP contribution is -2.33. The SMILES string of the molecule is Cc1c(CC(N)=O)c2cc(OC(=O)CC(C(=O)NCCO)c3c(C)n(C(=O)c4cccc(Cl)c4)c4ccc(O)cc34)ccc2n1C(=O)c1cccc(Cl)c1. The fraction of sp³-hybridized carbons (Fsp3) is 0.175. The molecule has 0 saturated carbocycles. The maximum atomic E-state index is 13.9.